The number of benzene rings is 1. The van der Waals surface area contributed by atoms with Crippen molar-refractivity contribution in [3.8, 4) is 18.6 Å². The Morgan fingerprint density at radius 1 is 1.26 bits per heavy atom. The third kappa shape index (κ3) is 13.4. The van der Waals surface area contributed by atoms with E-state index in [0.29, 0.717) is 5.56 Å². The summed E-state index contributed by atoms with van der Waals surface area (Å²) in [6.07, 6.45) is 1.18. The van der Waals surface area contributed by atoms with E-state index in [4.69, 9.17) is 9.84 Å². The molecule has 0 spiro atoms. The summed E-state index contributed by atoms with van der Waals surface area (Å²) in [5.74, 6) is 2.52. The summed E-state index contributed by atoms with van der Waals surface area (Å²) >= 11 is 0. The summed E-state index contributed by atoms with van der Waals surface area (Å²) in [4.78, 5) is 22.7. The maximum Gasteiger partial charge on any atom is 0.421 e. The molecular formula is C22H33F3N2O4. The van der Waals surface area contributed by atoms with Crippen molar-refractivity contribution in [2.24, 2.45) is 11.8 Å². The minimum atomic E-state index is -4.80. The van der Waals surface area contributed by atoms with Gasteiger partial charge in [-0.2, -0.15) is 13.2 Å². The lowest BCUT2D eigenvalue weighted by atomic mass is 9.89. The van der Waals surface area contributed by atoms with Crippen LogP contribution in [0.2, 0.25) is 0 Å². The van der Waals surface area contributed by atoms with Crippen molar-refractivity contribution in [1.82, 2.24) is 10.2 Å². The van der Waals surface area contributed by atoms with Crippen LogP contribution >= 0.6 is 0 Å². The smallest absolute Gasteiger partial charge is 0.421 e. The molecule has 1 saturated heterocycles. The molecule has 1 amide bonds. The fraction of sp³-hybridized carbons (Fsp3) is 0.545. The minimum absolute atomic E-state index is 0.0855. The van der Waals surface area contributed by atoms with Crippen LogP contribution in [0.1, 0.15) is 30.6 Å². The lowest BCUT2D eigenvalue weighted by Gasteiger charge is -2.32. The van der Waals surface area contributed by atoms with E-state index in [2.05, 4.69) is 44.0 Å². The van der Waals surface area contributed by atoms with Crippen LogP contribution in [-0.2, 0) is 4.79 Å². The Morgan fingerprint density at radius 2 is 1.77 bits per heavy atom. The van der Waals surface area contributed by atoms with E-state index >= 15 is 0 Å². The summed E-state index contributed by atoms with van der Waals surface area (Å²) in [5.41, 5.74) is 0.637. The zero-order valence-corrected chi connectivity index (χ0v) is 18.6. The number of alkyl halides is 3. The first kappa shape index (κ1) is 30.6. The average Bonchev–Trinajstić information content (AvgIpc) is 2.77. The first-order valence-corrected chi connectivity index (χ1v) is 9.54. The van der Waals surface area contributed by atoms with Gasteiger partial charge >= 0.3 is 6.18 Å². The number of carbonyl (C=O) groups is 2. The van der Waals surface area contributed by atoms with Gasteiger partial charge in [0.1, 0.15) is 5.75 Å². The third-order valence-corrected chi connectivity index (χ3v) is 4.58. The Hall–Kier alpha value is -2.57. The van der Waals surface area contributed by atoms with Gasteiger partial charge in [0.2, 0.25) is 6.10 Å². The number of amides is 1. The maximum absolute atomic E-state index is 11.1. The summed E-state index contributed by atoms with van der Waals surface area (Å²) in [7, 11) is 5.41. The average molecular weight is 447 g/mol. The van der Waals surface area contributed by atoms with E-state index in [9.17, 15) is 22.8 Å². The van der Waals surface area contributed by atoms with Gasteiger partial charge < -0.3 is 24.9 Å². The number of rotatable bonds is 3. The normalized spacial score (nSPS) is 18.9. The highest BCUT2D eigenvalue weighted by atomic mass is 19.4. The summed E-state index contributed by atoms with van der Waals surface area (Å²) in [6, 6.07) is 6.95. The Morgan fingerprint density at radius 3 is 2.06 bits per heavy atom. The molecule has 0 radical (unpaired) electrons. The number of nitrogens with one attached hydrogen (secondary N) is 1. The Bertz CT molecular complexity index is 648. The van der Waals surface area contributed by atoms with Gasteiger partial charge in [-0.3, -0.25) is 4.79 Å². The molecule has 1 aromatic rings. The van der Waals surface area contributed by atoms with Gasteiger partial charge in [0, 0.05) is 19.2 Å². The molecule has 2 rings (SSSR count). The van der Waals surface area contributed by atoms with E-state index in [0.717, 1.165) is 17.6 Å². The van der Waals surface area contributed by atoms with Crippen molar-refractivity contribution in [1.29, 1.82) is 0 Å². The number of nitrogens with zero attached hydrogens (tertiary/aromatic N) is 1. The van der Waals surface area contributed by atoms with Gasteiger partial charge in [-0.15, -0.1) is 12.8 Å². The fourth-order valence-electron chi connectivity index (χ4n) is 2.44. The van der Waals surface area contributed by atoms with Crippen LogP contribution < -0.4 is 10.1 Å². The molecule has 2 N–H and O–H groups in total. The highest BCUT2D eigenvalue weighted by Gasteiger charge is 2.37. The highest BCUT2D eigenvalue weighted by Crippen LogP contribution is 2.20. The number of hydrogen-bond donors (Lipinski definition) is 2. The number of hydrogen-bond acceptors (Lipinski definition) is 5. The topological polar surface area (TPSA) is 78.9 Å². The zero-order valence-electron chi connectivity index (χ0n) is 18.6. The van der Waals surface area contributed by atoms with E-state index < -0.39 is 18.6 Å². The molecule has 0 aromatic heterocycles. The van der Waals surface area contributed by atoms with Gasteiger partial charge in [0.05, 0.1) is 7.11 Å². The Balaban J connectivity index is 0. The fourth-order valence-corrected chi connectivity index (χ4v) is 2.44. The Labute approximate surface area is 182 Å². The number of piperidine rings is 1. The number of ether oxygens (including phenoxy) is 1. The van der Waals surface area contributed by atoms with Crippen molar-refractivity contribution < 1.29 is 32.6 Å². The van der Waals surface area contributed by atoms with E-state index in [1.165, 1.54) is 19.5 Å². The van der Waals surface area contributed by atoms with Crippen LogP contribution in [0.5, 0.6) is 5.75 Å². The molecule has 31 heavy (non-hydrogen) atoms. The second kappa shape index (κ2) is 16.2. The molecule has 0 bridgehead atoms. The number of halogens is 3. The Kier molecular flexibility index (Phi) is 16.0. The molecule has 1 heterocycles. The standard InChI is InChI=1S/C9H11NO2.C8H17N.C3H3F3O2.C2H2/c1-10-9(11)7-3-5-8(12-2)6-4-7;1-7-4-5-9(3)6-8(7)2;4-3(5,6)2(8)1-7;1-2/h3-6H,1-2H3,(H,10,11);7-8H,4-6H2,1-3H3;1-2,8H;1-2H/t;7-,8+;;/m.0../s1. The van der Waals surface area contributed by atoms with Crippen molar-refractivity contribution in [3.63, 3.8) is 0 Å². The van der Waals surface area contributed by atoms with Gasteiger partial charge in [-0.1, -0.05) is 13.8 Å². The maximum atomic E-state index is 11.1. The SMILES string of the molecule is C#C.CNC(=O)c1ccc(OC)cc1.C[C@@H]1CN(C)CC[C@@H]1C.O=CC(O)C(F)(F)F. The molecule has 6 nitrogen and oxygen atoms in total. The van der Waals surface area contributed by atoms with Gasteiger partial charge in [-0.25, -0.2) is 0 Å². The molecule has 9 heteroatoms. The van der Waals surface area contributed by atoms with Crippen molar-refractivity contribution in [2.45, 2.75) is 32.5 Å². The summed E-state index contributed by atoms with van der Waals surface area (Å²) in [6.45, 7) is 7.30. The number of aliphatic hydroxyl groups excluding tert-OH is 1. The number of terminal acetylenes is 1. The van der Waals surface area contributed by atoms with E-state index in [1.807, 2.05) is 0 Å². The molecule has 1 aliphatic rings. The van der Waals surface area contributed by atoms with E-state index in [1.54, 1.807) is 38.4 Å². The minimum Gasteiger partial charge on any atom is -0.497 e. The number of carbonyl (C=O) groups excluding carboxylic acids is 2. The van der Waals surface area contributed by atoms with Crippen molar-refractivity contribution in [2.75, 3.05) is 34.3 Å². The first-order valence-electron chi connectivity index (χ1n) is 9.54. The van der Waals surface area contributed by atoms with Crippen LogP contribution in [0, 0.1) is 24.7 Å². The van der Waals surface area contributed by atoms with E-state index in [-0.39, 0.29) is 5.91 Å². The van der Waals surface area contributed by atoms with Crippen LogP contribution in [0.4, 0.5) is 13.2 Å². The van der Waals surface area contributed by atoms with Gasteiger partial charge in [-0.05, 0) is 56.1 Å². The van der Waals surface area contributed by atoms with Crippen molar-refractivity contribution >= 4 is 12.2 Å². The summed E-state index contributed by atoms with van der Waals surface area (Å²) in [5, 5.41) is 10.2. The lowest BCUT2D eigenvalue weighted by molar-refractivity contribution is -0.197. The van der Waals surface area contributed by atoms with Crippen LogP contribution in [-0.4, -0.2) is 68.8 Å². The molecule has 0 aliphatic carbocycles. The van der Waals surface area contributed by atoms with Crippen LogP contribution in [0.25, 0.3) is 0 Å². The molecular weight excluding hydrogens is 413 g/mol. The molecule has 3 atom stereocenters. The second-order valence-electron chi connectivity index (χ2n) is 6.94. The van der Waals surface area contributed by atoms with Crippen molar-refractivity contribution in [3.05, 3.63) is 29.8 Å². The molecule has 1 aromatic carbocycles. The summed E-state index contributed by atoms with van der Waals surface area (Å²) < 4.78 is 37.9. The van der Waals surface area contributed by atoms with Gasteiger partial charge in [0.15, 0.2) is 6.29 Å². The van der Waals surface area contributed by atoms with Crippen LogP contribution in [0.3, 0.4) is 0 Å². The second-order valence-corrected chi connectivity index (χ2v) is 6.94. The molecule has 0 saturated carbocycles. The third-order valence-electron chi connectivity index (χ3n) is 4.58. The number of aliphatic hydroxyl groups is 1. The van der Waals surface area contributed by atoms with Gasteiger partial charge in [0.25, 0.3) is 5.91 Å². The lowest BCUT2D eigenvalue weighted by Crippen LogP contribution is -2.35. The highest BCUT2D eigenvalue weighted by molar-refractivity contribution is 5.94. The largest absolute Gasteiger partial charge is 0.497 e. The quantitative estimate of drug-likeness (QED) is 0.551. The zero-order chi connectivity index (χ0) is 24.6. The monoisotopic (exact) mass is 446 g/mol. The number of likely N-dealkylation sites (tertiary alicyclic amines) is 1. The predicted octanol–water partition coefficient (Wildman–Crippen LogP) is 3.01. The molecule has 1 unspecified atom stereocenters. The first-order chi connectivity index (χ1) is 14.5. The number of methoxy groups -OCH3 is 1. The number of aldehydes is 1. The van der Waals surface area contributed by atoms with Crippen LogP contribution in [0.15, 0.2) is 24.3 Å². The molecule has 176 valence electrons. The predicted molar refractivity (Wildman–Crippen MR) is 115 cm³/mol. The molecule has 1 fully saturated rings. The molecule has 1 aliphatic heterocycles.